The van der Waals surface area contributed by atoms with Crippen molar-refractivity contribution in [1.29, 1.82) is 0 Å². The molecule has 0 aliphatic carbocycles. The Morgan fingerprint density at radius 3 is 2.42 bits per heavy atom. The maximum Gasteiger partial charge on any atom is 0.248 e. The van der Waals surface area contributed by atoms with Gasteiger partial charge in [-0.2, -0.15) is 0 Å². The molecule has 0 aliphatic heterocycles. The quantitative estimate of drug-likeness (QED) is 0.498. The maximum absolute atomic E-state index is 11.6. The Kier molecular flexibility index (Phi) is 5.41. The number of aryl methyl sites for hydroxylation is 1. The Morgan fingerprint density at radius 1 is 0.903 bits per heavy atom. The zero-order valence-electron chi connectivity index (χ0n) is 17.4. The molecule has 0 radical (unpaired) electrons. The lowest BCUT2D eigenvalue weighted by molar-refractivity contribution is 0.100. The number of hydrogen-bond donors (Lipinski definition) is 1. The molecule has 0 fully saturated rings. The average Bonchev–Trinajstić information content (AvgIpc) is 2.79. The molecule has 2 aromatic heterocycles. The second-order valence-corrected chi connectivity index (χ2v) is 6.88. The summed E-state index contributed by atoms with van der Waals surface area (Å²) in [5.74, 6) is 1.78. The molecule has 7 nitrogen and oxygen atoms in total. The van der Waals surface area contributed by atoms with Gasteiger partial charge in [0.05, 0.1) is 19.7 Å². The number of primary amides is 1. The molecule has 1 amide bonds. The van der Waals surface area contributed by atoms with Crippen LogP contribution in [0.25, 0.3) is 22.2 Å². The lowest BCUT2D eigenvalue weighted by Crippen LogP contribution is -2.10. The number of benzene rings is 2. The highest BCUT2D eigenvalue weighted by Crippen LogP contribution is 2.39. The molecule has 0 unspecified atom stereocenters. The molecule has 0 atom stereocenters. The third-order valence-electron chi connectivity index (χ3n) is 4.84. The molecule has 31 heavy (non-hydrogen) atoms. The number of nitrogens with zero attached hydrogens (tertiary/aromatic N) is 2. The lowest BCUT2D eigenvalue weighted by Gasteiger charge is -2.15. The number of ether oxygens (including phenoxy) is 3. The first-order valence-corrected chi connectivity index (χ1v) is 9.56. The largest absolute Gasteiger partial charge is 0.493 e. The topological polar surface area (TPSA) is 96.6 Å². The van der Waals surface area contributed by atoms with Crippen molar-refractivity contribution in [2.24, 2.45) is 5.73 Å². The summed E-state index contributed by atoms with van der Waals surface area (Å²) in [4.78, 5) is 20.7. The maximum atomic E-state index is 11.6. The fourth-order valence-corrected chi connectivity index (χ4v) is 3.31. The zero-order chi connectivity index (χ0) is 22.0. The Morgan fingerprint density at radius 2 is 1.68 bits per heavy atom. The van der Waals surface area contributed by atoms with Crippen LogP contribution < -0.4 is 19.9 Å². The van der Waals surface area contributed by atoms with Crippen LogP contribution in [0.1, 0.15) is 16.1 Å². The molecule has 7 heteroatoms. The van der Waals surface area contributed by atoms with Gasteiger partial charge in [0, 0.05) is 34.5 Å². The molecule has 0 bridgehead atoms. The van der Waals surface area contributed by atoms with Gasteiger partial charge in [-0.3, -0.25) is 9.78 Å². The molecule has 4 aromatic rings. The summed E-state index contributed by atoms with van der Waals surface area (Å²) in [7, 11) is 3.16. The summed E-state index contributed by atoms with van der Waals surface area (Å²) < 4.78 is 17.1. The predicted octanol–water partition coefficient (Wildman–Crippen LogP) is 4.51. The van der Waals surface area contributed by atoms with E-state index in [1.807, 2.05) is 31.2 Å². The second kappa shape index (κ2) is 8.31. The van der Waals surface area contributed by atoms with E-state index < -0.39 is 5.91 Å². The summed E-state index contributed by atoms with van der Waals surface area (Å²) in [5.41, 5.74) is 8.70. The molecule has 0 spiro atoms. The van der Waals surface area contributed by atoms with E-state index in [0.717, 1.165) is 16.6 Å². The van der Waals surface area contributed by atoms with Gasteiger partial charge < -0.3 is 19.9 Å². The third-order valence-corrected chi connectivity index (χ3v) is 4.84. The molecular formula is C24H21N3O4. The number of aromatic nitrogens is 2. The van der Waals surface area contributed by atoms with Gasteiger partial charge in [-0.25, -0.2) is 4.98 Å². The predicted molar refractivity (Wildman–Crippen MR) is 118 cm³/mol. The standard InChI is InChI=1S/C24H21N3O4/c1-14-7-8-20(23(27-14)15-5-4-6-16(11-15)24(25)28)31-19-9-10-26-18-13-22(30-3)21(29-2)12-17(18)19/h4-13H,1-3H3,(H2,25,28). The molecule has 0 aliphatic rings. The fraction of sp³-hybridized carbons (Fsp3) is 0.125. The zero-order valence-corrected chi connectivity index (χ0v) is 17.4. The van der Waals surface area contributed by atoms with E-state index >= 15 is 0 Å². The van der Waals surface area contributed by atoms with Crippen LogP contribution in [0.2, 0.25) is 0 Å². The van der Waals surface area contributed by atoms with Crippen molar-refractivity contribution in [1.82, 2.24) is 9.97 Å². The minimum Gasteiger partial charge on any atom is -0.493 e. The van der Waals surface area contributed by atoms with Crippen LogP contribution in [-0.4, -0.2) is 30.1 Å². The number of rotatable bonds is 6. The van der Waals surface area contributed by atoms with Crippen LogP contribution in [0.5, 0.6) is 23.0 Å². The van der Waals surface area contributed by atoms with E-state index in [9.17, 15) is 4.79 Å². The highest BCUT2D eigenvalue weighted by molar-refractivity contribution is 5.94. The number of hydrogen-bond acceptors (Lipinski definition) is 6. The normalized spacial score (nSPS) is 10.7. The van der Waals surface area contributed by atoms with E-state index in [-0.39, 0.29) is 0 Å². The number of pyridine rings is 2. The van der Waals surface area contributed by atoms with E-state index in [1.54, 1.807) is 50.7 Å². The van der Waals surface area contributed by atoms with Gasteiger partial charge in [0.15, 0.2) is 17.2 Å². The van der Waals surface area contributed by atoms with Gasteiger partial charge in [0.2, 0.25) is 5.91 Å². The van der Waals surface area contributed by atoms with Crippen LogP contribution in [0, 0.1) is 6.92 Å². The van der Waals surface area contributed by atoms with E-state index in [4.69, 9.17) is 19.9 Å². The third kappa shape index (κ3) is 3.98. The number of carbonyl (C=O) groups excluding carboxylic acids is 1. The first-order valence-electron chi connectivity index (χ1n) is 9.56. The molecule has 2 aromatic carbocycles. The summed E-state index contributed by atoms with van der Waals surface area (Å²) in [6.07, 6.45) is 1.67. The van der Waals surface area contributed by atoms with E-state index in [0.29, 0.717) is 39.8 Å². The van der Waals surface area contributed by atoms with E-state index in [2.05, 4.69) is 9.97 Å². The summed E-state index contributed by atoms with van der Waals surface area (Å²) in [6.45, 7) is 1.89. The Balaban J connectivity index is 1.83. The number of methoxy groups -OCH3 is 2. The van der Waals surface area contributed by atoms with Crippen molar-refractivity contribution in [2.75, 3.05) is 14.2 Å². The van der Waals surface area contributed by atoms with Crippen LogP contribution in [0.4, 0.5) is 0 Å². The number of nitrogens with two attached hydrogens (primary N) is 1. The second-order valence-electron chi connectivity index (χ2n) is 6.88. The smallest absolute Gasteiger partial charge is 0.248 e. The summed E-state index contributed by atoms with van der Waals surface area (Å²) in [6, 6.07) is 16.1. The van der Waals surface area contributed by atoms with E-state index in [1.165, 1.54) is 0 Å². The van der Waals surface area contributed by atoms with Gasteiger partial charge in [-0.15, -0.1) is 0 Å². The number of carbonyl (C=O) groups is 1. The molecular weight excluding hydrogens is 394 g/mol. The van der Waals surface area contributed by atoms with Gasteiger partial charge in [0.25, 0.3) is 0 Å². The number of fused-ring (bicyclic) bond motifs is 1. The molecule has 0 saturated heterocycles. The molecule has 2 heterocycles. The van der Waals surface area contributed by atoms with Crippen LogP contribution >= 0.6 is 0 Å². The first kappa shape index (κ1) is 20.2. The van der Waals surface area contributed by atoms with Crippen molar-refractivity contribution in [3.05, 3.63) is 72.1 Å². The molecule has 0 saturated carbocycles. The van der Waals surface area contributed by atoms with Crippen molar-refractivity contribution in [3.63, 3.8) is 0 Å². The molecule has 4 rings (SSSR count). The van der Waals surface area contributed by atoms with Crippen molar-refractivity contribution in [3.8, 4) is 34.3 Å². The Labute approximate surface area is 179 Å². The first-order chi connectivity index (χ1) is 15.0. The molecule has 2 N–H and O–H groups in total. The number of amides is 1. The van der Waals surface area contributed by atoms with Gasteiger partial charge in [-0.1, -0.05) is 12.1 Å². The molecule has 156 valence electrons. The minimum atomic E-state index is -0.502. The summed E-state index contributed by atoms with van der Waals surface area (Å²) >= 11 is 0. The fourth-order valence-electron chi connectivity index (χ4n) is 3.31. The van der Waals surface area contributed by atoms with Crippen LogP contribution in [0.15, 0.2) is 60.8 Å². The Hall–Kier alpha value is -4.13. The summed E-state index contributed by atoms with van der Waals surface area (Å²) in [5, 5.41) is 0.762. The van der Waals surface area contributed by atoms with Gasteiger partial charge in [-0.05, 0) is 43.3 Å². The van der Waals surface area contributed by atoms with Crippen molar-refractivity contribution < 1.29 is 19.0 Å². The van der Waals surface area contributed by atoms with Crippen molar-refractivity contribution >= 4 is 16.8 Å². The van der Waals surface area contributed by atoms with Crippen LogP contribution in [0.3, 0.4) is 0 Å². The highest BCUT2D eigenvalue weighted by atomic mass is 16.5. The monoisotopic (exact) mass is 415 g/mol. The highest BCUT2D eigenvalue weighted by Gasteiger charge is 2.15. The van der Waals surface area contributed by atoms with Gasteiger partial charge >= 0.3 is 0 Å². The lowest BCUT2D eigenvalue weighted by atomic mass is 10.1. The van der Waals surface area contributed by atoms with Crippen molar-refractivity contribution in [2.45, 2.75) is 6.92 Å². The Bertz CT molecular complexity index is 1290. The SMILES string of the molecule is COc1cc2nccc(Oc3ccc(C)nc3-c3cccc(C(N)=O)c3)c2cc1OC. The minimum absolute atomic E-state index is 0.401. The average molecular weight is 415 g/mol. The van der Waals surface area contributed by atoms with Crippen LogP contribution in [-0.2, 0) is 0 Å². The van der Waals surface area contributed by atoms with Gasteiger partial charge in [0.1, 0.15) is 11.4 Å².